The highest BCUT2D eigenvalue weighted by Crippen LogP contribution is 2.18. The maximum atomic E-state index is 10.7. The number of aliphatic hydroxyl groups is 1. The van der Waals surface area contributed by atoms with Gasteiger partial charge in [0, 0.05) is 4.91 Å². The SMILES string of the molecule is [N-]=[N+]=NCC(O[N+](=O)[O-])[C@@H](O[N+](=O)O)[C@H](O[N+](=O)[O-])C(O)CO[N+](=O)[O-]. The predicted molar refractivity (Wildman–Crippen MR) is 67.0 cm³/mol. The molecule has 20 heteroatoms. The Morgan fingerprint density at radius 2 is 1.58 bits per heavy atom. The molecule has 0 aromatic carbocycles. The summed E-state index contributed by atoms with van der Waals surface area (Å²) in [6, 6.07) is 0. The van der Waals surface area contributed by atoms with E-state index in [4.69, 9.17) is 10.7 Å². The standard InChI is InChI=1S/C6H10N7O13/c7-9-8-1-4(24-11(17)18)6(26-13(21)22)5(25-12(19)20)3(14)2-23-10(15)16/h3-6,14H,1-2H2,(H,21,22)/q+1/t3?,4?,5-,6-/m1/s1. The summed E-state index contributed by atoms with van der Waals surface area (Å²) in [6.07, 6.45) is -9.17. The van der Waals surface area contributed by atoms with Crippen LogP contribution in [0.4, 0.5) is 0 Å². The number of hydrogen-bond donors (Lipinski definition) is 2. The van der Waals surface area contributed by atoms with E-state index < -0.39 is 57.9 Å². The summed E-state index contributed by atoms with van der Waals surface area (Å²) in [5.41, 5.74) is 8.24. The summed E-state index contributed by atoms with van der Waals surface area (Å²) in [6.45, 7) is -2.25. The minimum atomic E-state index is -2.40. The lowest BCUT2D eigenvalue weighted by molar-refractivity contribution is -0.986. The van der Waals surface area contributed by atoms with Crippen molar-refractivity contribution in [1.29, 1.82) is 0 Å². The first-order valence-corrected chi connectivity index (χ1v) is 6.00. The molecule has 0 fully saturated rings. The Balaban J connectivity index is 5.76. The molecule has 0 radical (unpaired) electrons. The first kappa shape index (κ1) is 22.1. The third-order valence-electron chi connectivity index (χ3n) is 2.39. The largest absolute Gasteiger partial charge is 0.475 e. The Bertz CT molecular complexity index is 573. The van der Waals surface area contributed by atoms with E-state index in [1.807, 2.05) is 0 Å². The molecule has 2 unspecified atom stereocenters. The van der Waals surface area contributed by atoms with Gasteiger partial charge in [0.2, 0.25) is 6.10 Å². The summed E-state index contributed by atoms with van der Waals surface area (Å²) < 4.78 is 0. The van der Waals surface area contributed by atoms with Crippen LogP contribution in [0.3, 0.4) is 0 Å². The molecule has 0 aromatic rings. The first-order chi connectivity index (χ1) is 12.1. The van der Waals surface area contributed by atoms with Crippen molar-refractivity contribution in [3.8, 4) is 0 Å². The van der Waals surface area contributed by atoms with Crippen molar-refractivity contribution >= 4 is 0 Å². The minimum absolute atomic E-state index is 0.990. The van der Waals surface area contributed by atoms with E-state index in [1.54, 1.807) is 0 Å². The predicted octanol–water partition coefficient (Wildman–Crippen LogP) is -1.51. The molecule has 0 rings (SSSR count). The van der Waals surface area contributed by atoms with Gasteiger partial charge in [-0.3, -0.25) is 0 Å². The number of aliphatic hydroxyl groups excluding tert-OH is 1. The minimum Gasteiger partial charge on any atom is -0.389 e. The van der Waals surface area contributed by atoms with E-state index in [2.05, 4.69) is 29.4 Å². The highest BCUT2D eigenvalue weighted by atomic mass is 17.0. The fourth-order valence-electron chi connectivity index (χ4n) is 1.55. The van der Waals surface area contributed by atoms with Crippen LogP contribution >= 0.6 is 0 Å². The normalized spacial score (nSPS) is 14.5. The van der Waals surface area contributed by atoms with Crippen molar-refractivity contribution in [2.75, 3.05) is 13.2 Å². The number of hydrogen-bond acceptors (Lipinski definition) is 13. The van der Waals surface area contributed by atoms with Gasteiger partial charge < -0.3 is 19.6 Å². The molecule has 20 nitrogen and oxygen atoms in total. The van der Waals surface area contributed by atoms with Crippen LogP contribution in [0.5, 0.6) is 0 Å². The number of rotatable bonds is 14. The second-order valence-corrected chi connectivity index (χ2v) is 3.97. The van der Waals surface area contributed by atoms with Gasteiger partial charge in [-0.15, -0.1) is 30.3 Å². The average Bonchev–Trinajstić information content (AvgIpc) is 2.51. The molecule has 2 N–H and O–H groups in total. The molecule has 146 valence electrons. The van der Waals surface area contributed by atoms with E-state index in [-0.39, 0.29) is 0 Å². The van der Waals surface area contributed by atoms with E-state index in [1.165, 1.54) is 0 Å². The quantitative estimate of drug-likeness (QED) is 0.113. The number of azide groups is 1. The van der Waals surface area contributed by atoms with Crippen molar-refractivity contribution in [1.82, 2.24) is 0 Å². The molecule has 26 heavy (non-hydrogen) atoms. The molecular formula is C6H10N7O13+. The smallest absolute Gasteiger partial charge is 0.389 e. The zero-order valence-corrected chi connectivity index (χ0v) is 12.2. The highest BCUT2D eigenvalue weighted by molar-refractivity contribution is 4.84. The van der Waals surface area contributed by atoms with Gasteiger partial charge in [-0.05, 0) is 5.53 Å². The fraction of sp³-hybridized carbons (Fsp3) is 1.00. The lowest BCUT2D eigenvalue weighted by Gasteiger charge is -2.27. The molecule has 0 aliphatic rings. The summed E-state index contributed by atoms with van der Waals surface area (Å²) in [4.78, 5) is 59.9. The third kappa shape index (κ3) is 8.64. The molecule has 0 saturated carbocycles. The van der Waals surface area contributed by atoms with E-state index in [0.717, 1.165) is 0 Å². The molecule has 0 aromatic heterocycles. The third-order valence-corrected chi connectivity index (χ3v) is 2.39. The second-order valence-electron chi connectivity index (χ2n) is 3.97. The summed E-state index contributed by atoms with van der Waals surface area (Å²) in [5.74, 6) is 0. The lowest BCUT2D eigenvalue weighted by atomic mass is 10.0. The van der Waals surface area contributed by atoms with Gasteiger partial charge in [-0.1, -0.05) is 5.11 Å². The van der Waals surface area contributed by atoms with Crippen LogP contribution in [0.1, 0.15) is 0 Å². The van der Waals surface area contributed by atoms with Gasteiger partial charge in [0.25, 0.3) is 15.3 Å². The Morgan fingerprint density at radius 1 is 1.00 bits per heavy atom. The Labute approximate surface area is 139 Å². The van der Waals surface area contributed by atoms with Gasteiger partial charge in [0.05, 0.1) is 6.54 Å². The van der Waals surface area contributed by atoms with Crippen LogP contribution in [0.15, 0.2) is 5.11 Å². The van der Waals surface area contributed by atoms with Crippen molar-refractivity contribution < 1.29 is 50.0 Å². The topological polar surface area (TPSA) is 276 Å². The van der Waals surface area contributed by atoms with Crippen LogP contribution in [0.25, 0.3) is 10.4 Å². The average molecular weight is 388 g/mol. The van der Waals surface area contributed by atoms with Crippen LogP contribution < -0.4 is 0 Å². The maximum Gasteiger partial charge on any atom is 0.475 e. The van der Waals surface area contributed by atoms with Gasteiger partial charge in [0.15, 0.2) is 12.2 Å². The molecule has 4 atom stereocenters. The molecule has 0 saturated heterocycles. The molecule has 0 amide bonds. The van der Waals surface area contributed by atoms with Gasteiger partial charge in [-0.25, -0.2) is 5.21 Å². The van der Waals surface area contributed by atoms with Crippen LogP contribution in [0.2, 0.25) is 0 Å². The van der Waals surface area contributed by atoms with Crippen LogP contribution in [-0.2, 0) is 19.4 Å². The van der Waals surface area contributed by atoms with Gasteiger partial charge >= 0.3 is 5.09 Å². The lowest BCUT2D eigenvalue weighted by Crippen LogP contribution is -2.53. The Kier molecular flexibility index (Phi) is 9.14. The molecule has 0 bridgehead atoms. The summed E-state index contributed by atoms with van der Waals surface area (Å²) in [7, 11) is 0. The fourth-order valence-corrected chi connectivity index (χ4v) is 1.55. The monoisotopic (exact) mass is 388 g/mol. The Hall–Kier alpha value is -3.93. The molecule has 0 aliphatic carbocycles. The van der Waals surface area contributed by atoms with Crippen molar-refractivity contribution in [3.63, 3.8) is 0 Å². The van der Waals surface area contributed by atoms with Crippen molar-refractivity contribution in [2.45, 2.75) is 24.4 Å². The van der Waals surface area contributed by atoms with E-state index in [9.17, 15) is 40.4 Å². The molecule has 0 heterocycles. The Morgan fingerprint density at radius 3 is 2.00 bits per heavy atom. The highest BCUT2D eigenvalue weighted by Gasteiger charge is 2.46. The molecule has 0 aliphatic heterocycles. The van der Waals surface area contributed by atoms with Crippen molar-refractivity contribution in [3.05, 3.63) is 45.7 Å². The molecule has 0 spiro atoms. The summed E-state index contributed by atoms with van der Waals surface area (Å²) >= 11 is 0. The first-order valence-electron chi connectivity index (χ1n) is 6.00. The zero-order chi connectivity index (χ0) is 20.3. The maximum absolute atomic E-state index is 10.7. The number of nitrogens with zero attached hydrogens (tertiary/aromatic N) is 7. The molecular weight excluding hydrogens is 378 g/mol. The van der Waals surface area contributed by atoms with E-state index in [0.29, 0.717) is 0 Å². The zero-order valence-electron chi connectivity index (χ0n) is 12.2. The van der Waals surface area contributed by atoms with Gasteiger partial charge in [0.1, 0.15) is 17.6 Å². The van der Waals surface area contributed by atoms with Gasteiger partial charge in [-0.2, -0.15) is 4.84 Å². The second kappa shape index (κ2) is 10.8. The summed E-state index contributed by atoms with van der Waals surface area (Å²) in [5, 5.41) is 46.6. The van der Waals surface area contributed by atoms with Crippen LogP contribution in [0, 0.1) is 35.3 Å². The van der Waals surface area contributed by atoms with Crippen molar-refractivity contribution in [2.24, 2.45) is 5.11 Å². The van der Waals surface area contributed by atoms with E-state index >= 15 is 0 Å². The van der Waals surface area contributed by atoms with Crippen LogP contribution in [-0.4, -0.2) is 68.2 Å².